The first-order valence-electron chi connectivity index (χ1n) is 6.48. The Morgan fingerprint density at radius 1 is 1.56 bits per heavy atom. The number of aryl methyl sites for hydroxylation is 2. The monoisotopic (exact) mass is 252 g/mol. The molecule has 0 spiro atoms. The Morgan fingerprint density at radius 3 is 2.72 bits per heavy atom. The summed E-state index contributed by atoms with van der Waals surface area (Å²) in [5.41, 5.74) is 1.16. The van der Waals surface area contributed by atoms with Crippen LogP contribution < -0.4 is 0 Å². The molecule has 1 aliphatic carbocycles. The number of carboxylic acids is 1. The Morgan fingerprint density at radius 2 is 2.22 bits per heavy atom. The van der Waals surface area contributed by atoms with Crippen molar-refractivity contribution < 1.29 is 15.0 Å². The Kier molecular flexibility index (Phi) is 3.43. The summed E-state index contributed by atoms with van der Waals surface area (Å²) in [6.45, 7) is 4.83. The Balaban J connectivity index is 2.06. The van der Waals surface area contributed by atoms with Gasteiger partial charge in [0, 0.05) is 18.7 Å². The smallest absolute Gasteiger partial charge is 0.306 e. The number of carboxylic acid groups (broad SMARTS) is 1. The van der Waals surface area contributed by atoms with Gasteiger partial charge in [0.1, 0.15) is 0 Å². The van der Waals surface area contributed by atoms with E-state index in [1.807, 2.05) is 24.6 Å². The minimum atomic E-state index is -0.860. The molecule has 0 amide bonds. The number of hydrogen-bond donors (Lipinski definition) is 2. The lowest BCUT2D eigenvalue weighted by Crippen LogP contribution is -2.48. The molecule has 5 heteroatoms. The number of aliphatic carboxylic acids is 1. The van der Waals surface area contributed by atoms with E-state index in [-0.39, 0.29) is 0 Å². The second-order valence-electron chi connectivity index (χ2n) is 5.14. The van der Waals surface area contributed by atoms with Crippen molar-refractivity contribution in [1.82, 2.24) is 9.78 Å². The van der Waals surface area contributed by atoms with E-state index in [2.05, 4.69) is 5.10 Å². The fourth-order valence-corrected chi connectivity index (χ4v) is 2.62. The maximum Gasteiger partial charge on any atom is 0.306 e. The molecule has 0 atom stereocenters. The molecule has 1 saturated carbocycles. The number of hydrogen-bond acceptors (Lipinski definition) is 3. The normalized spacial score (nSPS) is 26.9. The third kappa shape index (κ3) is 2.41. The fraction of sp³-hybridized carbons (Fsp3) is 0.692. The second-order valence-corrected chi connectivity index (χ2v) is 5.14. The van der Waals surface area contributed by atoms with Crippen LogP contribution in [-0.2, 0) is 24.2 Å². The molecule has 1 aromatic heterocycles. The average molecular weight is 252 g/mol. The summed E-state index contributed by atoms with van der Waals surface area (Å²) in [7, 11) is 0. The molecule has 0 aliphatic heterocycles. The summed E-state index contributed by atoms with van der Waals surface area (Å²) < 4.78 is 1.89. The fourth-order valence-electron chi connectivity index (χ4n) is 2.62. The van der Waals surface area contributed by atoms with Crippen molar-refractivity contribution in [3.63, 3.8) is 0 Å². The van der Waals surface area contributed by atoms with E-state index in [9.17, 15) is 9.90 Å². The van der Waals surface area contributed by atoms with Crippen molar-refractivity contribution in [3.8, 4) is 0 Å². The molecule has 5 nitrogen and oxygen atoms in total. The Labute approximate surface area is 106 Å². The van der Waals surface area contributed by atoms with E-state index >= 15 is 0 Å². The van der Waals surface area contributed by atoms with Gasteiger partial charge in [-0.15, -0.1) is 0 Å². The maximum absolute atomic E-state index is 10.8. The number of aliphatic hydroxyl groups is 1. The van der Waals surface area contributed by atoms with Crippen LogP contribution in [0.2, 0.25) is 0 Å². The minimum absolute atomic E-state index is 0.346. The number of nitrogens with zero attached hydrogens (tertiary/aromatic N) is 2. The van der Waals surface area contributed by atoms with Gasteiger partial charge in [-0.1, -0.05) is 6.92 Å². The molecule has 1 aromatic rings. The zero-order valence-electron chi connectivity index (χ0n) is 10.9. The van der Waals surface area contributed by atoms with E-state index in [0.29, 0.717) is 19.3 Å². The van der Waals surface area contributed by atoms with Crippen LogP contribution in [0.4, 0.5) is 0 Å². The summed E-state index contributed by atoms with van der Waals surface area (Å²) >= 11 is 0. The van der Waals surface area contributed by atoms with E-state index in [0.717, 1.165) is 24.4 Å². The first kappa shape index (κ1) is 13.1. The van der Waals surface area contributed by atoms with Crippen LogP contribution in [0.5, 0.6) is 0 Å². The van der Waals surface area contributed by atoms with Crippen molar-refractivity contribution in [2.45, 2.75) is 51.7 Å². The van der Waals surface area contributed by atoms with Crippen LogP contribution >= 0.6 is 0 Å². The van der Waals surface area contributed by atoms with E-state index in [4.69, 9.17) is 5.11 Å². The third-order valence-electron chi connectivity index (χ3n) is 3.69. The average Bonchev–Trinajstić information content (AvgIpc) is 2.67. The molecule has 1 heterocycles. The van der Waals surface area contributed by atoms with Crippen LogP contribution in [-0.4, -0.2) is 31.6 Å². The number of rotatable bonds is 5. The van der Waals surface area contributed by atoms with E-state index in [1.54, 1.807) is 0 Å². The van der Waals surface area contributed by atoms with Crippen molar-refractivity contribution >= 4 is 5.97 Å². The molecule has 18 heavy (non-hydrogen) atoms. The van der Waals surface area contributed by atoms with Crippen LogP contribution in [0.15, 0.2) is 6.07 Å². The summed E-state index contributed by atoms with van der Waals surface area (Å²) in [5.74, 6) is -1.20. The predicted molar refractivity (Wildman–Crippen MR) is 66.3 cm³/mol. The Bertz CT molecular complexity index is 447. The van der Waals surface area contributed by atoms with Gasteiger partial charge in [0.25, 0.3) is 0 Å². The number of carbonyl (C=O) groups is 1. The molecular weight excluding hydrogens is 232 g/mol. The number of aromatic nitrogens is 2. The highest BCUT2D eigenvalue weighted by atomic mass is 16.4. The van der Waals surface area contributed by atoms with Gasteiger partial charge in [-0.25, -0.2) is 0 Å². The highest BCUT2D eigenvalue weighted by Gasteiger charge is 2.46. The standard InChI is InChI=1S/C13H20N2O3/c1-3-10-5-11(15(4-2)14-10)8-13(18)6-9(7-13)12(16)17/h5,9,18H,3-4,6-8H2,1-2H3,(H,16,17). The summed E-state index contributed by atoms with van der Waals surface area (Å²) in [5, 5.41) is 23.6. The molecule has 2 N–H and O–H groups in total. The highest BCUT2D eigenvalue weighted by molar-refractivity contribution is 5.71. The van der Waals surface area contributed by atoms with Gasteiger partial charge in [-0.2, -0.15) is 5.10 Å². The molecule has 100 valence electrons. The van der Waals surface area contributed by atoms with Gasteiger partial charge < -0.3 is 10.2 Å². The van der Waals surface area contributed by atoms with Gasteiger partial charge in [0.2, 0.25) is 0 Å². The summed E-state index contributed by atoms with van der Waals surface area (Å²) in [6, 6.07) is 2.01. The lowest BCUT2D eigenvalue weighted by Gasteiger charge is -2.41. The van der Waals surface area contributed by atoms with Gasteiger partial charge in [-0.05, 0) is 32.3 Å². The maximum atomic E-state index is 10.8. The molecule has 0 radical (unpaired) electrons. The molecule has 1 fully saturated rings. The van der Waals surface area contributed by atoms with Crippen LogP contribution in [0, 0.1) is 5.92 Å². The zero-order chi connectivity index (χ0) is 13.3. The van der Waals surface area contributed by atoms with Crippen LogP contribution in [0.1, 0.15) is 38.1 Å². The minimum Gasteiger partial charge on any atom is -0.481 e. The lowest BCUT2D eigenvalue weighted by atomic mass is 9.69. The molecule has 1 aliphatic rings. The van der Waals surface area contributed by atoms with Gasteiger partial charge in [-0.3, -0.25) is 9.48 Å². The largest absolute Gasteiger partial charge is 0.481 e. The Hall–Kier alpha value is -1.36. The van der Waals surface area contributed by atoms with Gasteiger partial charge in [0.15, 0.2) is 0 Å². The molecule has 2 rings (SSSR count). The second kappa shape index (κ2) is 4.72. The molecule has 0 bridgehead atoms. The van der Waals surface area contributed by atoms with E-state index < -0.39 is 17.5 Å². The summed E-state index contributed by atoms with van der Waals surface area (Å²) in [4.78, 5) is 10.8. The van der Waals surface area contributed by atoms with Gasteiger partial charge >= 0.3 is 5.97 Å². The van der Waals surface area contributed by atoms with Crippen LogP contribution in [0.3, 0.4) is 0 Å². The zero-order valence-corrected chi connectivity index (χ0v) is 10.9. The molecule has 0 unspecified atom stereocenters. The highest BCUT2D eigenvalue weighted by Crippen LogP contribution is 2.40. The first-order valence-corrected chi connectivity index (χ1v) is 6.48. The predicted octanol–water partition coefficient (Wildman–Crippen LogP) is 1.23. The molecular formula is C13H20N2O3. The molecule has 0 aromatic carbocycles. The van der Waals surface area contributed by atoms with Crippen molar-refractivity contribution in [1.29, 1.82) is 0 Å². The van der Waals surface area contributed by atoms with Crippen molar-refractivity contribution in [2.75, 3.05) is 0 Å². The first-order chi connectivity index (χ1) is 8.47. The summed E-state index contributed by atoms with van der Waals surface area (Å²) in [6.07, 6.45) is 2.06. The lowest BCUT2D eigenvalue weighted by molar-refractivity contribution is -0.158. The third-order valence-corrected chi connectivity index (χ3v) is 3.69. The SMILES string of the molecule is CCc1cc(CC2(O)CC(C(=O)O)C2)n(CC)n1. The van der Waals surface area contributed by atoms with Gasteiger partial charge in [0.05, 0.1) is 17.2 Å². The van der Waals surface area contributed by atoms with E-state index in [1.165, 1.54) is 0 Å². The van der Waals surface area contributed by atoms with Crippen molar-refractivity contribution in [2.24, 2.45) is 5.92 Å². The molecule has 0 saturated heterocycles. The van der Waals surface area contributed by atoms with Crippen molar-refractivity contribution in [3.05, 3.63) is 17.5 Å². The topological polar surface area (TPSA) is 75.3 Å². The quantitative estimate of drug-likeness (QED) is 0.826. The van der Waals surface area contributed by atoms with Crippen LogP contribution in [0.25, 0.3) is 0 Å².